The van der Waals surface area contributed by atoms with Gasteiger partial charge in [0.1, 0.15) is 0 Å². The molecule has 2 saturated carbocycles. The van der Waals surface area contributed by atoms with E-state index in [0.717, 1.165) is 58.0 Å². The summed E-state index contributed by atoms with van der Waals surface area (Å²) >= 11 is 0. The Balaban J connectivity index is 1.56. The average Bonchev–Trinajstić information content (AvgIpc) is 2.64. The largest absolute Gasteiger partial charge is 0.376 e. The Morgan fingerprint density at radius 2 is 1.67 bits per heavy atom. The second-order valence-electron chi connectivity index (χ2n) is 8.75. The van der Waals surface area contributed by atoms with Gasteiger partial charge in [-0.05, 0) is 77.9 Å². The monoisotopic (exact) mass is 379 g/mol. The fraction of sp³-hybridized carbons (Fsp3) is 0.905. The maximum absolute atomic E-state index is 12.8. The van der Waals surface area contributed by atoms with Crippen molar-refractivity contribution in [2.24, 2.45) is 11.8 Å². The second kappa shape index (κ2) is 9.87. The predicted molar refractivity (Wildman–Crippen MR) is 105 cm³/mol. The van der Waals surface area contributed by atoms with Gasteiger partial charge in [0.25, 0.3) is 0 Å². The molecule has 3 rings (SSSR count). The lowest BCUT2D eigenvalue weighted by molar-refractivity contribution is -0.133. The lowest BCUT2D eigenvalue weighted by Gasteiger charge is -2.38. The molecule has 2 amide bonds. The van der Waals surface area contributed by atoms with Gasteiger partial charge in [0.05, 0.1) is 12.1 Å². The van der Waals surface area contributed by atoms with Crippen molar-refractivity contribution in [1.29, 1.82) is 0 Å². The molecule has 3 atom stereocenters. The first-order chi connectivity index (χ1) is 13.1. The molecule has 1 aliphatic heterocycles. The third-order valence-corrected chi connectivity index (χ3v) is 6.56. The minimum atomic E-state index is -0.0467. The van der Waals surface area contributed by atoms with Crippen molar-refractivity contribution >= 4 is 11.8 Å². The van der Waals surface area contributed by atoms with Crippen LogP contribution in [0, 0.1) is 11.8 Å². The van der Waals surface area contributed by atoms with E-state index in [0.29, 0.717) is 19.1 Å². The first-order valence-corrected chi connectivity index (χ1v) is 11.0. The lowest BCUT2D eigenvalue weighted by atomic mass is 9.81. The van der Waals surface area contributed by atoms with Crippen LogP contribution < -0.4 is 10.6 Å². The Bertz CT molecular complexity index is 501. The van der Waals surface area contributed by atoms with Crippen molar-refractivity contribution in [3.8, 4) is 0 Å². The molecule has 0 aromatic rings. The molecule has 1 heterocycles. The number of carbonyl (C=O) groups excluding carboxylic acids is 2. The fourth-order valence-corrected chi connectivity index (χ4v) is 4.44. The Morgan fingerprint density at radius 3 is 2.30 bits per heavy atom. The first-order valence-electron chi connectivity index (χ1n) is 11.0. The van der Waals surface area contributed by atoms with Gasteiger partial charge in [-0.3, -0.25) is 9.59 Å². The summed E-state index contributed by atoms with van der Waals surface area (Å²) in [7, 11) is 2.11. The van der Waals surface area contributed by atoms with Gasteiger partial charge in [-0.25, -0.2) is 0 Å². The molecule has 0 radical (unpaired) electrons. The molecule has 0 aromatic carbocycles. The van der Waals surface area contributed by atoms with E-state index in [4.69, 9.17) is 4.74 Å². The standard InChI is InChI=1S/C21H37N3O3/c1-3-13-27-19-8-7-16(21(26)22-17-5-4-6-17)14-18(19)23-20(25)15-9-11-24(2)12-10-15/h15-19H,3-14H2,1-2H3,(H,22,26)(H,23,25)/t16-,18+,19+/m0/s1. The molecule has 0 unspecified atom stereocenters. The summed E-state index contributed by atoms with van der Waals surface area (Å²) in [6, 6.07) is 0.327. The molecule has 3 aliphatic rings. The van der Waals surface area contributed by atoms with Gasteiger partial charge >= 0.3 is 0 Å². The van der Waals surface area contributed by atoms with Crippen LogP contribution in [0.4, 0.5) is 0 Å². The molecule has 154 valence electrons. The van der Waals surface area contributed by atoms with E-state index < -0.39 is 0 Å². The quantitative estimate of drug-likeness (QED) is 0.710. The van der Waals surface area contributed by atoms with Crippen molar-refractivity contribution in [3.63, 3.8) is 0 Å². The molecule has 0 bridgehead atoms. The second-order valence-corrected chi connectivity index (χ2v) is 8.75. The van der Waals surface area contributed by atoms with E-state index in [9.17, 15) is 9.59 Å². The molecule has 27 heavy (non-hydrogen) atoms. The van der Waals surface area contributed by atoms with Crippen molar-refractivity contribution in [3.05, 3.63) is 0 Å². The Morgan fingerprint density at radius 1 is 0.963 bits per heavy atom. The third kappa shape index (κ3) is 5.67. The molecular formula is C21H37N3O3. The highest BCUT2D eigenvalue weighted by molar-refractivity contribution is 5.80. The van der Waals surface area contributed by atoms with E-state index in [-0.39, 0.29) is 35.8 Å². The van der Waals surface area contributed by atoms with E-state index in [1.54, 1.807) is 0 Å². The summed E-state index contributed by atoms with van der Waals surface area (Å²) in [4.78, 5) is 27.7. The molecule has 0 aromatic heterocycles. The van der Waals surface area contributed by atoms with Crippen molar-refractivity contribution < 1.29 is 14.3 Å². The number of ether oxygens (including phenoxy) is 1. The van der Waals surface area contributed by atoms with Crippen LogP contribution in [0.25, 0.3) is 0 Å². The predicted octanol–water partition coefficient (Wildman–Crippen LogP) is 2.08. The number of nitrogens with zero attached hydrogens (tertiary/aromatic N) is 1. The van der Waals surface area contributed by atoms with Crippen molar-refractivity contribution in [2.75, 3.05) is 26.7 Å². The average molecular weight is 380 g/mol. The highest BCUT2D eigenvalue weighted by Gasteiger charge is 2.37. The summed E-state index contributed by atoms with van der Waals surface area (Å²) in [5.41, 5.74) is 0. The van der Waals surface area contributed by atoms with Crippen LogP contribution in [0.15, 0.2) is 0 Å². The smallest absolute Gasteiger partial charge is 0.223 e. The number of hydrogen-bond acceptors (Lipinski definition) is 4. The zero-order valence-corrected chi connectivity index (χ0v) is 17.0. The normalized spacial score (nSPS) is 30.5. The molecule has 2 N–H and O–H groups in total. The van der Waals surface area contributed by atoms with Gasteiger partial charge in [-0.2, -0.15) is 0 Å². The van der Waals surface area contributed by atoms with Crippen LogP contribution in [0.5, 0.6) is 0 Å². The number of nitrogens with one attached hydrogen (secondary N) is 2. The SMILES string of the molecule is CCCO[C@@H]1CC[C@H](C(=O)NC2CCC2)C[C@H]1NC(=O)C1CCN(C)CC1. The number of amides is 2. The summed E-state index contributed by atoms with van der Waals surface area (Å²) in [5.74, 6) is 0.414. The van der Waals surface area contributed by atoms with Gasteiger partial charge in [-0.15, -0.1) is 0 Å². The van der Waals surface area contributed by atoms with E-state index >= 15 is 0 Å². The molecule has 3 fully saturated rings. The van der Waals surface area contributed by atoms with Crippen LogP contribution in [-0.2, 0) is 14.3 Å². The molecular weight excluding hydrogens is 342 g/mol. The summed E-state index contributed by atoms with van der Waals surface area (Å²) in [5, 5.41) is 6.45. The molecule has 2 aliphatic carbocycles. The zero-order chi connectivity index (χ0) is 19.2. The van der Waals surface area contributed by atoms with Crippen molar-refractivity contribution in [2.45, 2.75) is 82.9 Å². The highest BCUT2D eigenvalue weighted by Crippen LogP contribution is 2.29. The zero-order valence-electron chi connectivity index (χ0n) is 17.0. The van der Waals surface area contributed by atoms with E-state index in [1.807, 2.05) is 0 Å². The van der Waals surface area contributed by atoms with Gasteiger partial charge in [-0.1, -0.05) is 6.92 Å². The number of piperidine rings is 1. The van der Waals surface area contributed by atoms with Crippen LogP contribution in [0.2, 0.25) is 0 Å². The fourth-order valence-electron chi connectivity index (χ4n) is 4.44. The summed E-state index contributed by atoms with van der Waals surface area (Å²) < 4.78 is 6.04. The minimum Gasteiger partial charge on any atom is -0.376 e. The molecule has 6 nitrogen and oxygen atoms in total. The topological polar surface area (TPSA) is 70.7 Å². The molecule has 6 heteroatoms. The third-order valence-electron chi connectivity index (χ3n) is 6.56. The van der Waals surface area contributed by atoms with Gasteiger partial charge < -0.3 is 20.3 Å². The first kappa shape index (κ1) is 20.6. The van der Waals surface area contributed by atoms with E-state index in [2.05, 4.69) is 29.5 Å². The van der Waals surface area contributed by atoms with Gasteiger partial charge in [0, 0.05) is 24.5 Å². The van der Waals surface area contributed by atoms with Crippen LogP contribution in [-0.4, -0.2) is 61.6 Å². The minimum absolute atomic E-state index is 0.00475. The number of hydrogen-bond donors (Lipinski definition) is 2. The Hall–Kier alpha value is -1.14. The Kier molecular flexibility index (Phi) is 7.53. The summed E-state index contributed by atoms with van der Waals surface area (Å²) in [6.07, 6.45) is 8.68. The van der Waals surface area contributed by atoms with E-state index in [1.165, 1.54) is 6.42 Å². The number of rotatable bonds is 7. The highest BCUT2D eigenvalue weighted by atomic mass is 16.5. The number of carbonyl (C=O) groups is 2. The van der Waals surface area contributed by atoms with Gasteiger partial charge in [0.2, 0.25) is 11.8 Å². The summed E-state index contributed by atoms with van der Waals surface area (Å²) in [6.45, 7) is 4.77. The Labute approximate surface area is 163 Å². The van der Waals surface area contributed by atoms with Gasteiger partial charge in [0.15, 0.2) is 0 Å². The van der Waals surface area contributed by atoms with Crippen LogP contribution in [0.3, 0.4) is 0 Å². The maximum atomic E-state index is 12.8. The van der Waals surface area contributed by atoms with Crippen LogP contribution in [0.1, 0.15) is 64.7 Å². The van der Waals surface area contributed by atoms with Crippen LogP contribution >= 0.6 is 0 Å². The number of likely N-dealkylation sites (tertiary alicyclic amines) is 1. The maximum Gasteiger partial charge on any atom is 0.223 e. The molecule has 1 saturated heterocycles. The lowest BCUT2D eigenvalue weighted by Crippen LogP contribution is -2.53. The molecule has 0 spiro atoms. The van der Waals surface area contributed by atoms with Crippen molar-refractivity contribution in [1.82, 2.24) is 15.5 Å².